The SMILES string of the molecule is CC(N)CCC(OS(=O)O)c1ccccc1. The molecule has 0 aliphatic heterocycles. The number of hydrogen-bond acceptors (Lipinski definition) is 3. The van der Waals surface area contributed by atoms with Gasteiger partial charge in [-0.3, -0.25) is 8.74 Å². The van der Waals surface area contributed by atoms with Crippen molar-refractivity contribution in [3.05, 3.63) is 35.9 Å². The number of nitrogens with two attached hydrogens (primary N) is 1. The molecule has 3 N–H and O–H groups in total. The van der Waals surface area contributed by atoms with E-state index in [1.807, 2.05) is 37.3 Å². The van der Waals surface area contributed by atoms with Gasteiger partial charge in [0, 0.05) is 6.04 Å². The van der Waals surface area contributed by atoms with Gasteiger partial charge in [-0.15, -0.1) is 0 Å². The Morgan fingerprint density at radius 3 is 2.50 bits per heavy atom. The summed E-state index contributed by atoms with van der Waals surface area (Å²) in [5.41, 5.74) is 6.55. The van der Waals surface area contributed by atoms with E-state index in [-0.39, 0.29) is 12.1 Å². The van der Waals surface area contributed by atoms with Crippen LogP contribution in [-0.4, -0.2) is 14.8 Å². The number of benzene rings is 1. The molecule has 0 spiro atoms. The first-order valence-corrected chi connectivity index (χ1v) is 6.21. The Bertz CT molecular complexity index is 329. The normalized spacial score (nSPS) is 16.7. The summed E-state index contributed by atoms with van der Waals surface area (Å²) in [7, 11) is 0. The lowest BCUT2D eigenvalue weighted by Gasteiger charge is -2.16. The van der Waals surface area contributed by atoms with Gasteiger partial charge in [0.1, 0.15) is 6.10 Å². The Labute approximate surface area is 98.3 Å². The molecule has 90 valence electrons. The standard InChI is InChI=1S/C11H17NO3S/c1-9(12)7-8-11(15-16(13)14)10-5-3-2-4-6-10/h2-6,9,11H,7-8,12H2,1H3,(H,13,14). The lowest BCUT2D eigenvalue weighted by molar-refractivity contribution is 0.191. The molecule has 0 saturated heterocycles. The van der Waals surface area contributed by atoms with E-state index >= 15 is 0 Å². The van der Waals surface area contributed by atoms with Crippen LogP contribution < -0.4 is 5.73 Å². The van der Waals surface area contributed by atoms with Crippen molar-refractivity contribution >= 4 is 11.4 Å². The minimum atomic E-state index is -2.25. The highest BCUT2D eigenvalue weighted by atomic mass is 32.2. The third-order valence-electron chi connectivity index (χ3n) is 2.25. The minimum Gasteiger partial charge on any atom is -0.328 e. The van der Waals surface area contributed by atoms with Crippen LogP contribution in [0.15, 0.2) is 30.3 Å². The topological polar surface area (TPSA) is 72.5 Å². The van der Waals surface area contributed by atoms with E-state index in [9.17, 15) is 4.21 Å². The second-order valence-electron chi connectivity index (χ2n) is 3.77. The summed E-state index contributed by atoms with van der Waals surface area (Å²) in [6.07, 6.45) is 1.00. The van der Waals surface area contributed by atoms with Crippen molar-refractivity contribution in [2.45, 2.75) is 31.9 Å². The van der Waals surface area contributed by atoms with E-state index in [0.29, 0.717) is 6.42 Å². The van der Waals surface area contributed by atoms with E-state index in [2.05, 4.69) is 0 Å². The molecule has 0 saturated carbocycles. The third kappa shape index (κ3) is 4.85. The molecule has 1 aromatic rings. The van der Waals surface area contributed by atoms with Crippen LogP contribution in [0, 0.1) is 0 Å². The van der Waals surface area contributed by atoms with Crippen LogP contribution in [0.4, 0.5) is 0 Å². The summed E-state index contributed by atoms with van der Waals surface area (Å²) in [6.45, 7) is 1.90. The second kappa shape index (κ2) is 6.75. The van der Waals surface area contributed by atoms with E-state index in [1.165, 1.54) is 0 Å². The van der Waals surface area contributed by atoms with Gasteiger partial charge in [0.05, 0.1) is 0 Å². The van der Waals surface area contributed by atoms with Crippen LogP contribution in [-0.2, 0) is 15.5 Å². The molecule has 0 heterocycles. The van der Waals surface area contributed by atoms with E-state index in [1.54, 1.807) is 0 Å². The largest absolute Gasteiger partial charge is 0.328 e. The quantitative estimate of drug-likeness (QED) is 0.750. The molecule has 0 aromatic heterocycles. The maximum Gasteiger partial charge on any atom is 0.302 e. The molecule has 3 unspecified atom stereocenters. The van der Waals surface area contributed by atoms with Crippen LogP contribution in [0.1, 0.15) is 31.4 Å². The van der Waals surface area contributed by atoms with Gasteiger partial charge in [0.2, 0.25) is 0 Å². The van der Waals surface area contributed by atoms with E-state index < -0.39 is 11.4 Å². The van der Waals surface area contributed by atoms with Crippen LogP contribution in [0.25, 0.3) is 0 Å². The van der Waals surface area contributed by atoms with Crippen LogP contribution in [0.3, 0.4) is 0 Å². The van der Waals surface area contributed by atoms with Crippen molar-refractivity contribution in [3.63, 3.8) is 0 Å². The van der Waals surface area contributed by atoms with Gasteiger partial charge in [-0.25, -0.2) is 0 Å². The second-order valence-corrected chi connectivity index (χ2v) is 4.39. The molecule has 0 bridgehead atoms. The molecule has 1 rings (SSSR count). The Balaban J connectivity index is 2.67. The van der Waals surface area contributed by atoms with E-state index in [0.717, 1.165) is 12.0 Å². The van der Waals surface area contributed by atoms with Crippen molar-refractivity contribution in [2.75, 3.05) is 0 Å². The molecule has 0 fully saturated rings. The van der Waals surface area contributed by atoms with Gasteiger partial charge in [-0.1, -0.05) is 30.3 Å². The molecule has 16 heavy (non-hydrogen) atoms. The molecular weight excluding hydrogens is 226 g/mol. The first-order chi connectivity index (χ1) is 7.59. The zero-order valence-electron chi connectivity index (χ0n) is 9.20. The van der Waals surface area contributed by atoms with Crippen molar-refractivity contribution in [3.8, 4) is 0 Å². The summed E-state index contributed by atoms with van der Waals surface area (Å²) in [5.74, 6) is 0. The predicted molar refractivity (Wildman–Crippen MR) is 63.9 cm³/mol. The molecule has 0 radical (unpaired) electrons. The van der Waals surface area contributed by atoms with Gasteiger partial charge in [-0.05, 0) is 25.3 Å². The lowest BCUT2D eigenvalue weighted by Crippen LogP contribution is -2.17. The highest BCUT2D eigenvalue weighted by Crippen LogP contribution is 2.23. The predicted octanol–water partition coefficient (Wildman–Crippen LogP) is 2.01. The zero-order chi connectivity index (χ0) is 12.0. The first-order valence-electron chi connectivity index (χ1n) is 5.18. The average molecular weight is 243 g/mol. The first kappa shape index (κ1) is 13.3. The monoisotopic (exact) mass is 243 g/mol. The summed E-state index contributed by atoms with van der Waals surface area (Å²) in [4.78, 5) is 0. The number of rotatable bonds is 6. The van der Waals surface area contributed by atoms with Gasteiger partial charge in [0.15, 0.2) is 0 Å². The smallest absolute Gasteiger partial charge is 0.302 e. The summed E-state index contributed by atoms with van der Waals surface area (Å²) < 4.78 is 24.4. The fourth-order valence-corrected chi connectivity index (χ4v) is 1.86. The maximum atomic E-state index is 10.7. The molecule has 0 aliphatic rings. The Morgan fingerprint density at radius 2 is 2.00 bits per heavy atom. The van der Waals surface area contributed by atoms with Gasteiger partial charge in [0.25, 0.3) is 0 Å². The molecule has 5 heteroatoms. The molecular formula is C11H17NO3S. The maximum absolute atomic E-state index is 10.7. The van der Waals surface area contributed by atoms with Crippen molar-refractivity contribution in [1.82, 2.24) is 0 Å². The lowest BCUT2D eigenvalue weighted by atomic mass is 10.0. The fourth-order valence-electron chi connectivity index (χ4n) is 1.45. The molecule has 3 atom stereocenters. The minimum absolute atomic E-state index is 0.0574. The Hall–Kier alpha value is -0.750. The average Bonchev–Trinajstić information content (AvgIpc) is 2.25. The van der Waals surface area contributed by atoms with Crippen LogP contribution >= 0.6 is 0 Å². The fraction of sp³-hybridized carbons (Fsp3) is 0.455. The third-order valence-corrected chi connectivity index (χ3v) is 2.65. The molecule has 1 aromatic carbocycles. The highest BCUT2D eigenvalue weighted by Gasteiger charge is 2.15. The molecule has 0 aliphatic carbocycles. The zero-order valence-corrected chi connectivity index (χ0v) is 10.0. The van der Waals surface area contributed by atoms with Gasteiger partial charge < -0.3 is 5.73 Å². The van der Waals surface area contributed by atoms with Gasteiger partial charge >= 0.3 is 11.4 Å². The van der Waals surface area contributed by atoms with Crippen molar-refractivity contribution < 1.29 is 12.9 Å². The van der Waals surface area contributed by atoms with Gasteiger partial charge in [-0.2, -0.15) is 4.21 Å². The molecule has 4 nitrogen and oxygen atoms in total. The van der Waals surface area contributed by atoms with Crippen LogP contribution in [0.5, 0.6) is 0 Å². The Kier molecular flexibility index (Phi) is 5.62. The summed E-state index contributed by atoms with van der Waals surface area (Å²) >= 11 is -2.25. The van der Waals surface area contributed by atoms with Crippen LogP contribution in [0.2, 0.25) is 0 Å². The summed E-state index contributed by atoms with van der Waals surface area (Å²) in [5, 5.41) is 0. The molecule has 0 amide bonds. The summed E-state index contributed by atoms with van der Waals surface area (Å²) in [6, 6.07) is 9.44. The van der Waals surface area contributed by atoms with Crippen molar-refractivity contribution in [2.24, 2.45) is 5.73 Å². The Morgan fingerprint density at radius 1 is 1.38 bits per heavy atom. The highest BCUT2D eigenvalue weighted by molar-refractivity contribution is 7.74. The van der Waals surface area contributed by atoms with Crippen molar-refractivity contribution in [1.29, 1.82) is 0 Å². The number of hydrogen-bond donors (Lipinski definition) is 2. The van der Waals surface area contributed by atoms with E-state index in [4.69, 9.17) is 14.5 Å².